The van der Waals surface area contributed by atoms with E-state index in [4.69, 9.17) is 10.1 Å². The van der Waals surface area contributed by atoms with Crippen molar-refractivity contribution in [2.45, 2.75) is 51.7 Å². The van der Waals surface area contributed by atoms with Gasteiger partial charge >= 0.3 is 0 Å². The maximum absolute atomic E-state index is 13.9. The van der Waals surface area contributed by atoms with Crippen molar-refractivity contribution >= 4 is 40.8 Å². The van der Waals surface area contributed by atoms with Gasteiger partial charge in [-0.15, -0.1) is 11.3 Å². The zero-order valence-corrected chi connectivity index (χ0v) is 27.4. The Labute approximate surface area is 272 Å². The largest absolute Gasteiger partial charge is 0.344 e. The average Bonchev–Trinajstić information content (AvgIpc) is 3.72. The smallest absolute Gasteiger partial charge is 0.273 e. The lowest BCUT2D eigenvalue weighted by atomic mass is 10.0. The molecule has 2 aromatic heterocycles. The van der Waals surface area contributed by atoms with Crippen LogP contribution in [-0.2, 0) is 16.1 Å². The number of aromatic nitrogens is 4. The van der Waals surface area contributed by atoms with Crippen molar-refractivity contribution in [3.63, 3.8) is 0 Å². The number of benzene rings is 2. The van der Waals surface area contributed by atoms with Crippen molar-refractivity contribution in [1.29, 1.82) is 0 Å². The highest BCUT2D eigenvalue weighted by molar-refractivity contribution is 7.98. The molecule has 0 spiro atoms. The predicted octanol–water partition coefficient (Wildman–Crippen LogP) is 5.06. The minimum Gasteiger partial charge on any atom is -0.344 e. The van der Waals surface area contributed by atoms with Crippen LogP contribution in [0.15, 0.2) is 66.0 Å². The lowest BCUT2D eigenvalue weighted by molar-refractivity contribution is -0.129. The van der Waals surface area contributed by atoms with Gasteiger partial charge in [0.15, 0.2) is 11.6 Å². The van der Waals surface area contributed by atoms with Crippen LogP contribution in [0.25, 0.3) is 22.0 Å². The number of thioether (sulfide) groups is 1. The Morgan fingerprint density at radius 1 is 0.978 bits per heavy atom. The van der Waals surface area contributed by atoms with Gasteiger partial charge in [0.1, 0.15) is 16.7 Å². The van der Waals surface area contributed by atoms with E-state index >= 15 is 0 Å². The third-order valence-corrected chi connectivity index (χ3v) is 9.22. The quantitative estimate of drug-likeness (QED) is 0.288. The van der Waals surface area contributed by atoms with Gasteiger partial charge in [0, 0.05) is 36.0 Å². The second kappa shape index (κ2) is 15.3. The van der Waals surface area contributed by atoms with Gasteiger partial charge in [-0.05, 0) is 30.8 Å². The fourth-order valence-corrected chi connectivity index (χ4v) is 6.49. The molecule has 2 aromatic carbocycles. The van der Waals surface area contributed by atoms with Crippen LogP contribution in [-0.4, -0.2) is 73.5 Å². The molecule has 45 heavy (non-hydrogen) atoms. The van der Waals surface area contributed by atoms with Crippen LogP contribution in [0.3, 0.4) is 0 Å². The third-order valence-electron chi connectivity index (χ3n) is 7.68. The van der Waals surface area contributed by atoms with E-state index in [9.17, 15) is 14.4 Å². The first-order valence-electron chi connectivity index (χ1n) is 15.2. The summed E-state index contributed by atoms with van der Waals surface area (Å²) in [7, 11) is 0. The maximum Gasteiger partial charge on any atom is 0.273 e. The Hall–Kier alpha value is -4.03. The Bertz CT molecular complexity index is 1590. The van der Waals surface area contributed by atoms with Crippen molar-refractivity contribution in [2.75, 3.05) is 25.1 Å². The highest BCUT2D eigenvalue weighted by Crippen LogP contribution is 2.26. The number of nitrogens with one attached hydrogen (secondary N) is 2. The molecule has 0 aliphatic carbocycles. The van der Waals surface area contributed by atoms with E-state index in [1.54, 1.807) is 22.0 Å². The van der Waals surface area contributed by atoms with Crippen molar-refractivity contribution < 1.29 is 14.4 Å². The van der Waals surface area contributed by atoms with Crippen LogP contribution in [0.5, 0.6) is 0 Å². The van der Waals surface area contributed by atoms with E-state index in [1.807, 2.05) is 85.4 Å². The first-order valence-corrected chi connectivity index (χ1v) is 17.5. The normalized spacial score (nSPS) is 18.2. The van der Waals surface area contributed by atoms with Crippen LogP contribution in [0.4, 0.5) is 0 Å². The molecule has 236 valence electrons. The summed E-state index contributed by atoms with van der Waals surface area (Å²) in [6.45, 7) is 5.09. The van der Waals surface area contributed by atoms with E-state index in [0.717, 1.165) is 21.9 Å². The van der Waals surface area contributed by atoms with E-state index < -0.39 is 12.1 Å². The summed E-state index contributed by atoms with van der Waals surface area (Å²) in [5, 5.41) is 13.6. The SMILES string of the molecule is CSCC[C@@H]1NC(=O)CCCN(C(=O)c2csc(-c3ccccc3)n2)CCn2nc(-c3ccccc3)nc2[C@@H](C(C)C)NC1=O. The molecule has 0 saturated carbocycles. The predicted molar refractivity (Wildman–Crippen MR) is 179 cm³/mol. The minimum atomic E-state index is -0.678. The molecule has 10 nitrogen and oxygen atoms in total. The number of hydrogen-bond donors (Lipinski definition) is 2. The fourth-order valence-electron chi connectivity index (χ4n) is 5.22. The standard InChI is InChI=1S/C33H39N7O3S2/c1-22(2)28-30-37-29(23-11-6-4-7-12-23)38-40(30)19-18-39(17-10-15-27(41)34-25(16-20-44-3)31(42)36-28)33(43)26-21-45-32(35-26)24-13-8-5-9-14-24/h4-9,11-14,21-22,25,28H,10,15-20H2,1-3H3,(H,34,41)(H,36,42)/t25-,28+/m0/s1. The van der Waals surface area contributed by atoms with Gasteiger partial charge in [0.25, 0.3) is 5.91 Å². The van der Waals surface area contributed by atoms with Crippen LogP contribution in [0.1, 0.15) is 55.5 Å². The van der Waals surface area contributed by atoms with E-state index in [2.05, 4.69) is 15.6 Å². The van der Waals surface area contributed by atoms with Gasteiger partial charge in [-0.3, -0.25) is 14.4 Å². The molecule has 1 aliphatic heterocycles. The summed E-state index contributed by atoms with van der Waals surface area (Å²) in [5.41, 5.74) is 2.19. The Morgan fingerprint density at radius 2 is 1.69 bits per heavy atom. The van der Waals surface area contributed by atoms with E-state index in [0.29, 0.717) is 49.8 Å². The Kier molecular flexibility index (Phi) is 11.0. The van der Waals surface area contributed by atoms with Gasteiger partial charge in [-0.25, -0.2) is 14.6 Å². The maximum atomic E-state index is 13.9. The van der Waals surface area contributed by atoms with E-state index in [-0.39, 0.29) is 30.1 Å². The van der Waals surface area contributed by atoms with Gasteiger partial charge in [-0.2, -0.15) is 16.9 Å². The van der Waals surface area contributed by atoms with Gasteiger partial charge in [0.05, 0.1) is 12.6 Å². The molecule has 2 N–H and O–H groups in total. The van der Waals surface area contributed by atoms with Crippen molar-refractivity contribution in [3.8, 4) is 22.0 Å². The highest BCUT2D eigenvalue weighted by Gasteiger charge is 2.30. The Morgan fingerprint density at radius 3 is 2.38 bits per heavy atom. The number of carbonyl (C=O) groups excluding carboxylic acids is 3. The summed E-state index contributed by atoms with van der Waals surface area (Å²) in [5.74, 6) is 1.21. The molecule has 0 unspecified atom stereocenters. The van der Waals surface area contributed by atoms with Gasteiger partial charge < -0.3 is 15.5 Å². The molecular formula is C33H39N7O3S2. The highest BCUT2D eigenvalue weighted by atomic mass is 32.2. The molecule has 0 saturated heterocycles. The van der Waals surface area contributed by atoms with Crippen molar-refractivity contribution in [2.24, 2.45) is 5.92 Å². The van der Waals surface area contributed by atoms with Crippen LogP contribution in [0, 0.1) is 5.92 Å². The molecule has 12 heteroatoms. The number of thiazole rings is 1. The first kappa shape index (κ1) is 32.4. The summed E-state index contributed by atoms with van der Waals surface area (Å²) < 4.78 is 1.81. The number of carbonyl (C=O) groups is 3. The summed E-state index contributed by atoms with van der Waals surface area (Å²) in [4.78, 5) is 51.8. The molecule has 5 rings (SSSR count). The molecule has 4 aromatic rings. The van der Waals surface area contributed by atoms with Crippen molar-refractivity contribution in [3.05, 3.63) is 77.6 Å². The van der Waals surface area contributed by atoms with Gasteiger partial charge in [0.2, 0.25) is 11.8 Å². The number of amides is 3. The second-order valence-electron chi connectivity index (χ2n) is 11.3. The number of fused-ring (bicyclic) bond motifs is 1. The third kappa shape index (κ3) is 8.17. The lowest BCUT2D eigenvalue weighted by Crippen LogP contribution is -2.49. The molecule has 3 heterocycles. The topological polar surface area (TPSA) is 122 Å². The second-order valence-corrected chi connectivity index (χ2v) is 13.2. The van der Waals surface area contributed by atoms with E-state index in [1.165, 1.54) is 11.3 Å². The first-order chi connectivity index (χ1) is 21.8. The number of nitrogens with zero attached hydrogens (tertiary/aromatic N) is 5. The zero-order chi connectivity index (χ0) is 31.8. The average molecular weight is 646 g/mol. The molecule has 2 atom stereocenters. The zero-order valence-electron chi connectivity index (χ0n) is 25.8. The Balaban J connectivity index is 1.49. The summed E-state index contributed by atoms with van der Waals surface area (Å²) in [6, 6.07) is 18.4. The van der Waals surface area contributed by atoms with Crippen LogP contribution in [0.2, 0.25) is 0 Å². The monoisotopic (exact) mass is 645 g/mol. The molecule has 1 aliphatic rings. The van der Waals surface area contributed by atoms with Crippen LogP contribution < -0.4 is 10.6 Å². The van der Waals surface area contributed by atoms with Gasteiger partial charge in [-0.1, -0.05) is 74.5 Å². The molecular weight excluding hydrogens is 607 g/mol. The fraction of sp³-hybridized carbons (Fsp3) is 0.394. The number of rotatable bonds is 7. The molecule has 0 fully saturated rings. The number of hydrogen-bond acceptors (Lipinski definition) is 8. The van der Waals surface area contributed by atoms with Crippen molar-refractivity contribution in [1.82, 2.24) is 35.3 Å². The molecule has 0 radical (unpaired) electrons. The van der Waals surface area contributed by atoms with Crippen LogP contribution >= 0.6 is 23.1 Å². The molecule has 3 amide bonds. The molecule has 0 bridgehead atoms. The summed E-state index contributed by atoms with van der Waals surface area (Å²) in [6.07, 6.45) is 3.12. The lowest BCUT2D eigenvalue weighted by Gasteiger charge is -2.27. The summed E-state index contributed by atoms with van der Waals surface area (Å²) >= 11 is 3.06. The minimum absolute atomic E-state index is 0.0190.